The third-order valence-corrected chi connectivity index (χ3v) is 3.69. The van der Waals surface area contributed by atoms with E-state index in [0.717, 1.165) is 30.8 Å². The summed E-state index contributed by atoms with van der Waals surface area (Å²) in [7, 11) is 0. The van der Waals surface area contributed by atoms with Gasteiger partial charge in [0.2, 0.25) is 0 Å². The molecule has 20 heavy (non-hydrogen) atoms. The Morgan fingerprint density at radius 2 is 1.70 bits per heavy atom. The molecule has 2 N–H and O–H groups in total. The maximum Gasteiger partial charge on any atom is 0.137 e. The van der Waals surface area contributed by atoms with Crippen molar-refractivity contribution in [2.24, 2.45) is 5.92 Å². The molecule has 1 rings (SSSR count). The highest BCUT2D eigenvalue weighted by Gasteiger charge is 2.23. The molecule has 0 bridgehead atoms. The van der Waals surface area contributed by atoms with Crippen molar-refractivity contribution in [2.45, 2.75) is 66.3 Å². The smallest absolute Gasteiger partial charge is 0.137 e. The second kappa shape index (κ2) is 7.46. The van der Waals surface area contributed by atoms with Gasteiger partial charge in [0.1, 0.15) is 18.0 Å². The highest BCUT2D eigenvalue weighted by atomic mass is 15.2. The van der Waals surface area contributed by atoms with Crippen LogP contribution in [-0.2, 0) is 0 Å². The third kappa shape index (κ3) is 3.84. The summed E-state index contributed by atoms with van der Waals surface area (Å²) in [6.07, 6.45) is 3.82. The van der Waals surface area contributed by atoms with Crippen molar-refractivity contribution in [1.82, 2.24) is 9.97 Å². The van der Waals surface area contributed by atoms with Crippen LogP contribution in [0.15, 0.2) is 6.33 Å². The van der Waals surface area contributed by atoms with Crippen LogP contribution in [0.2, 0.25) is 0 Å². The number of aromatic nitrogens is 2. The van der Waals surface area contributed by atoms with Crippen LogP contribution in [0.4, 0.5) is 11.6 Å². The molecule has 0 atom stereocenters. The van der Waals surface area contributed by atoms with Gasteiger partial charge in [-0.3, -0.25) is 0 Å². The summed E-state index contributed by atoms with van der Waals surface area (Å²) in [6.45, 7) is 14.3. The Balaban J connectivity index is 3.29. The van der Waals surface area contributed by atoms with Gasteiger partial charge in [-0.05, 0) is 24.7 Å². The van der Waals surface area contributed by atoms with Crippen LogP contribution in [0.3, 0.4) is 0 Å². The summed E-state index contributed by atoms with van der Waals surface area (Å²) < 4.78 is 0. The summed E-state index contributed by atoms with van der Waals surface area (Å²) in [6, 6.07) is 0.504. The Labute approximate surface area is 123 Å². The van der Waals surface area contributed by atoms with E-state index < -0.39 is 0 Å². The summed E-state index contributed by atoms with van der Waals surface area (Å²) in [5.41, 5.74) is 7.18. The van der Waals surface area contributed by atoms with Gasteiger partial charge < -0.3 is 10.6 Å². The maximum absolute atomic E-state index is 6.10. The van der Waals surface area contributed by atoms with Crippen molar-refractivity contribution >= 4 is 11.6 Å². The zero-order chi connectivity index (χ0) is 15.3. The average molecular weight is 278 g/mol. The molecule has 0 aromatic carbocycles. The topological polar surface area (TPSA) is 55.0 Å². The molecule has 0 aliphatic rings. The van der Waals surface area contributed by atoms with E-state index in [2.05, 4.69) is 56.4 Å². The number of rotatable bonds is 7. The maximum atomic E-state index is 6.10. The number of hydrogen-bond acceptors (Lipinski definition) is 4. The SMILES string of the molecule is CCC(CC)N(CC(C)C)c1ncnc(N)c1C(C)C. The van der Waals surface area contributed by atoms with Crippen LogP contribution in [-0.4, -0.2) is 22.6 Å². The van der Waals surface area contributed by atoms with Crippen molar-refractivity contribution in [3.8, 4) is 0 Å². The van der Waals surface area contributed by atoms with Crippen molar-refractivity contribution in [3.63, 3.8) is 0 Å². The Morgan fingerprint density at radius 3 is 2.15 bits per heavy atom. The molecule has 0 amide bonds. The molecule has 4 heteroatoms. The number of nitrogens with zero attached hydrogens (tertiary/aromatic N) is 3. The lowest BCUT2D eigenvalue weighted by Crippen LogP contribution is -2.39. The van der Waals surface area contributed by atoms with E-state index >= 15 is 0 Å². The average Bonchev–Trinajstić information content (AvgIpc) is 2.37. The van der Waals surface area contributed by atoms with Crippen molar-refractivity contribution in [1.29, 1.82) is 0 Å². The molecule has 1 heterocycles. The van der Waals surface area contributed by atoms with Crippen LogP contribution < -0.4 is 10.6 Å². The Morgan fingerprint density at radius 1 is 1.10 bits per heavy atom. The van der Waals surface area contributed by atoms with E-state index in [1.807, 2.05) is 0 Å². The lowest BCUT2D eigenvalue weighted by atomic mass is 10.0. The standard InChI is InChI=1S/C16H30N4/c1-7-13(8-2)20(9-11(3)4)16-14(12(5)6)15(17)18-10-19-16/h10-13H,7-9H2,1-6H3,(H2,17,18,19). The zero-order valence-electron chi connectivity index (χ0n) is 13.8. The number of nitrogen functional groups attached to an aromatic ring is 1. The van der Waals surface area contributed by atoms with E-state index in [1.54, 1.807) is 6.33 Å². The van der Waals surface area contributed by atoms with Crippen LogP contribution in [0, 0.1) is 5.92 Å². The minimum atomic E-state index is 0.329. The first-order chi connectivity index (χ1) is 9.42. The molecule has 0 radical (unpaired) electrons. The third-order valence-electron chi connectivity index (χ3n) is 3.69. The molecule has 114 valence electrons. The molecule has 1 aromatic heterocycles. The van der Waals surface area contributed by atoms with Gasteiger partial charge in [-0.25, -0.2) is 9.97 Å². The van der Waals surface area contributed by atoms with Crippen LogP contribution in [0.5, 0.6) is 0 Å². The van der Waals surface area contributed by atoms with Gasteiger partial charge in [-0.2, -0.15) is 0 Å². The predicted molar refractivity (Wildman–Crippen MR) is 87.1 cm³/mol. The monoisotopic (exact) mass is 278 g/mol. The molecular weight excluding hydrogens is 248 g/mol. The summed E-state index contributed by atoms with van der Waals surface area (Å²) in [5.74, 6) is 2.56. The summed E-state index contributed by atoms with van der Waals surface area (Å²) in [5, 5.41) is 0. The molecule has 0 fully saturated rings. The second-order valence-electron chi connectivity index (χ2n) is 6.17. The largest absolute Gasteiger partial charge is 0.383 e. The van der Waals surface area contributed by atoms with Crippen molar-refractivity contribution < 1.29 is 0 Å². The van der Waals surface area contributed by atoms with Crippen LogP contribution in [0.25, 0.3) is 0 Å². The number of anilines is 2. The van der Waals surface area contributed by atoms with Crippen LogP contribution in [0.1, 0.15) is 65.9 Å². The number of hydrogen-bond donors (Lipinski definition) is 1. The van der Waals surface area contributed by atoms with Gasteiger partial charge >= 0.3 is 0 Å². The van der Waals surface area contributed by atoms with Gasteiger partial charge in [0.05, 0.1) is 0 Å². The summed E-state index contributed by atoms with van der Waals surface area (Å²) >= 11 is 0. The lowest BCUT2D eigenvalue weighted by Gasteiger charge is -2.35. The Hall–Kier alpha value is -1.32. The first-order valence-electron chi connectivity index (χ1n) is 7.79. The second-order valence-corrected chi connectivity index (χ2v) is 6.17. The van der Waals surface area contributed by atoms with Gasteiger partial charge in [-0.1, -0.05) is 41.5 Å². The molecule has 4 nitrogen and oxygen atoms in total. The molecule has 0 spiro atoms. The quantitative estimate of drug-likeness (QED) is 0.823. The summed E-state index contributed by atoms with van der Waals surface area (Å²) in [4.78, 5) is 11.2. The highest BCUT2D eigenvalue weighted by Crippen LogP contribution is 2.31. The Kier molecular flexibility index (Phi) is 6.24. The first-order valence-corrected chi connectivity index (χ1v) is 7.79. The van der Waals surface area contributed by atoms with Crippen molar-refractivity contribution in [2.75, 3.05) is 17.2 Å². The number of nitrogens with two attached hydrogens (primary N) is 1. The zero-order valence-corrected chi connectivity index (χ0v) is 13.8. The van der Waals surface area contributed by atoms with Crippen molar-refractivity contribution in [3.05, 3.63) is 11.9 Å². The molecular formula is C16H30N4. The normalized spacial score (nSPS) is 11.7. The minimum absolute atomic E-state index is 0.329. The molecule has 0 saturated carbocycles. The van der Waals surface area contributed by atoms with Gasteiger partial charge in [-0.15, -0.1) is 0 Å². The molecule has 1 aromatic rings. The van der Waals surface area contributed by atoms with Gasteiger partial charge in [0.25, 0.3) is 0 Å². The fourth-order valence-electron chi connectivity index (χ4n) is 2.71. The van der Waals surface area contributed by atoms with Crippen LogP contribution >= 0.6 is 0 Å². The lowest BCUT2D eigenvalue weighted by molar-refractivity contribution is 0.500. The molecule has 0 aliphatic heterocycles. The fourth-order valence-corrected chi connectivity index (χ4v) is 2.71. The predicted octanol–water partition coefficient (Wildman–Crippen LogP) is 3.83. The van der Waals surface area contributed by atoms with E-state index in [1.165, 1.54) is 0 Å². The van der Waals surface area contributed by atoms with E-state index in [4.69, 9.17) is 5.73 Å². The fraction of sp³-hybridized carbons (Fsp3) is 0.750. The Bertz CT molecular complexity index is 411. The molecule has 0 saturated heterocycles. The van der Waals surface area contributed by atoms with Gasteiger partial charge in [0.15, 0.2) is 0 Å². The molecule has 0 unspecified atom stereocenters. The van der Waals surface area contributed by atoms with Gasteiger partial charge in [0, 0.05) is 18.2 Å². The highest BCUT2D eigenvalue weighted by molar-refractivity contribution is 5.58. The molecule has 0 aliphatic carbocycles. The van der Waals surface area contributed by atoms with E-state index in [0.29, 0.717) is 23.7 Å². The van der Waals surface area contributed by atoms with E-state index in [-0.39, 0.29) is 0 Å². The first kappa shape index (κ1) is 16.7. The van der Waals surface area contributed by atoms with E-state index in [9.17, 15) is 0 Å². The minimum Gasteiger partial charge on any atom is -0.383 e.